The van der Waals surface area contributed by atoms with Gasteiger partial charge in [0.1, 0.15) is 0 Å². The summed E-state index contributed by atoms with van der Waals surface area (Å²) in [6.07, 6.45) is 1.03. The third kappa shape index (κ3) is 5.08. The maximum Gasteiger partial charge on any atom is 0.0693 e. The zero-order chi connectivity index (χ0) is 12.5. The topological polar surface area (TPSA) is 47.3 Å². The van der Waals surface area contributed by atoms with E-state index in [0.29, 0.717) is 6.61 Å². The van der Waals surface area contributed by atoms with E-state index in [1.165, 1.54) is 10.5 Å². The van der Waals surface area contributed by atoms with Crippen molar-refractivity contribution >= 4 is 11.8 Å². The van der Waals surface area contributed by atoms with Gasteiger partial charge < -0.3 is 4.74 Å². The van der Waals surface area contributed by atoms with Crippen molar-refractivity contribution in [2.75, 3.05) is 19.0 Å². The van der Waals surface area contributed by atoms with Crippen molar-refractivity contribution in [3.05, 3.63) is 29.8 Å². The summed E-state index contributed by atoms with van der Waals surface area (Å²) in [7, 11) is 0. The van der Waals surface area contributed by atoms with E-state index < -0.39 is 0 Å². The van der Waals surface area contributed by atoms with Crippen molar-refractivity contribution < 1.29 is 4.74 Å². The van der Waals surface area contributed by atoms with Gasteiger partial charge in [0.25, 0.3) is 0 Å². The Morgan fingerprint density at radius 1 is 1.29 bits per heavy atom. The number of ether oxygens (including phenoxy) is 1. The maximum absolute atomic E-state index is 5.55. The van der Waals surface area contributed by atoms with Crippen molar-refractivity contribution in [1.82, 2.24) is 5.43 Å². The lowest BCUT2D eigenvalue weighted by Crippen LogP contribution is -2.31. The normalized spacial score (nSPS) is 12.6. The summed E-state index contributed by atoms with van der Waals surface area (Å²) >= 11 is 1.84. The highest BCUT2D eigenvalue weighted by Gasteiger charge is 2.09. The smallest absolute Gasteiger partial charge is 0.0693 e. The predicted molar refractivity (Wildman–Crippen MR) is 74.0 cm³/mol. The first kappa shape index (κ1) is 14.5. The van der Waals surface area contributed by atoms with E-state index in [4.69, 9.17) is 10.6 Å². The molecule has 0 spiro atoms. The maximum atomic E-state index is 5.55. The second-order valence-corrected chi connectivity index (χ2v) is 5.13. The van der Waals surface area contributed by atoms with Crippen LogP contribution < -0.4 is 11.3 Å². The summed E-state index contributed by atoms with van der Waals surface area (Å²) in [6.45, 7) is 5.65. The number of thioether (sulfide) groups is 1. The van der Waals surface area contributed by atoms with E-state index in [-0.39, 0.29) is 6.04 Å². The molecule has 0 aliphatic rings. The first-order valence-electron chi connectivity index (χ1n) is 6.08. The molecule has 0 aliphatic heterocycles. The van der Waals surface area contributed by atoms with Crippen LogP contribution in [0.15, 0.2) is 29.2 Å². The molecule has 1 aromatic rings. The van der Waals surface area contributed by atoms with Gasteiger partial charge in [0.15, 0.2) is 0 Å². The molecule has 1 aromatic carbocycles. The van der Waals surface area contributed by atoms with Crippen molar-refractivity contribution in [2.45, 2.75) is 31.2 Å². The number of hydrazine groups is 1. The summed E-state index contributed by atoms with van der Waals surface area (Å²) in [5, 5.41) is 0. The molecule has 1 rings (SSSR count). The molecule has 0 heterocycles. The van der Waals surface area contributed by atoms with Gasteiger partial charge in [0.05, 0.1) is 12.6 Å². The van der Waals surface area contributed by atoms with Crippen LogP contribution in [0.5, 0.6) is 0 Å². The number of rotatable bonds is 8. The standard InChI is InChI=1S/C13H22N2OS/c1-3-9-16-10-13(15-14)11-5-7-12(8-6-11)17-4-2/h5-8,13,15H,3-4,9-10,14H2,1-2H3. The van der Waals surface area contributed by atoms with E-state index >= 15 is 0 Å². The molecule has 0 bridgehead atoms. The summed E-state index contributed by atoms with van der Waals surface area (Å²) in [5.74, 6) is 6.64. The lowest BCUT2D eigenvalue weighted by molar-refractivity contribution is 0.112. The molecule has 0 aromatic heterocycles. The average molecular weight is 254 g/mol. The van der Waals surface area contributed by atoms with E-state index in [1.807, 2.05) is 11.8 Å². The van der Waals surface area contributed by atoms with Gasteiger partial charge in [-0.1, -0.05) is 26.0 Å². The van der Waals surface area contributed by atoms with Crippen LogP contribution in [0.3, 0.4) is 0 Å². The first-order chi connectivity index (χ1) is 8.31. The summed E-state index contributed by atoms with van der Waals surface area (Å²) in [6, 6.07) is 8.55. The summed E-state index contributed by atoms with van der Waals surface area (Å²) < 4.78 is 5.52. The molecule has 0 saturated carbocycles. The number of benzene rings is 1. The van der Waals surface area contributed by atoms with Crippen molar-refractivity contribution in [2.24, 2.45) is 5.84 Å². The predicted octanol–water partition coefficient (Wildman–Crippen LogP) is 2.73. The monoisotopic (exact) mass is 254 g/mol. The second kappa shape index (κ2) is 8.53. The molecule has 0 amide bonds. The average Bonchev–Trinajstić information content (AvgIpc) is 2.36. The Morgan fingerprint density at radius 2 is 2.00 bits per heavy atom. The van der Waals surface area contributed by atoms with E-state index in [0.717, 1.165) is 18.8 Å². The van der Waals surface area contributed by atoms with Crippen LogP contribution in [0.4, 0.5) is 0 Å². The minimum absolute atomic E-state index is 0.0715. The Morgan fingerprint density at radius 3 is 2.53 bits per heavy atom. The van der Waals surface area contributed by atoms with E-state index in [1.54, 1.807) is 0 Å². The highest BCUT2D eigenvalue weighted by Crippen LogP contribution is 2.20. The molecule has 4 heteroatoms. The molecular weight excluding hydrogens is 232 g/mol. The van der Waals surface area contributed by atoms with Gasteiger partial charge in [-0.25, -0.2) is 0 Å². The lowest BCUT2D eigenvalue weighted by Gasteiger charge is -2.16. The van der Waals surface area contributed by atoms with Crippen LogP contribution in [0.1, 0.15) is 31.9 Å². The zero-order valence-corrected chi connectivity index (χ0v) is 11.4. The van der Waals surface area contributed by atoms with Crippen molar-refractivity contribution in [1.29, 1.82) is 0 Å². The number of hydrogen-bond donors (Lipinski definition) is 2. The van der Waals surface area contributed by atoms with Gasteiger partial charge in [-0.05, 0) is 29.9 Å². The summed E-state index contributed by atoms with van der Waals surface area (Å²) in [5.41, 5.74) is 3.97. The zero-order valence-electron chi connectivity index (χ0n) is 10.6. The van der Waals surface area contributed by atoms with Gasteiger partial charge >= 0.3 is 0 Å². The van der Waals surface area contributed by atoms with Gasteiger partial charge in [-0.3, -0.25) is 11.3 Å². The number of hydrogen-bond acceptors (Lipinski definition) is 4. The fourth-order valence-corrected chi connectivity index (χ4v) is 2.21. The number of nitrogens with two attached hydrogens (primary N) is 1. The molecule has 3 N–H and O–H groups in total. The van der Waals surface area contributed by atoms with Gasteiger partial charge in [0, 0.05) is 11.5 Å². The first-order valence-corrected chi connectivity index (χ1v) is 7.07. The van der Waals surface area contributed by atoms with Crippen LogP contribution in [0.2, 0.25) is 0 Å². The minimum atomic E-state index is 0.0715. The minimum Gasteiger partial charge on any atom is -0.379 e. The van der Waals surface area contributed by atoms with Gasteiger partial charge in [0.2, 0.25) is 0 Å². The molecule has 0 saturated heterocycles. The number of nitrogens with one attached hydrogen (secondary N) is 1. The second-order valence-electron chi connectivity index (χ2n) is 3.80. The Balaban J connectivity index is 2.55. The fourth-order valence-electron chi connectivity index (χ4n) is 1.55. The molecular formula is C13H22N2OS. The third-order valence-electron chi connectivity index (χ3n) is 2.43. The lowest BCUT2D eigenvalue weighted by atomic mass is 10.1. The molecule has 0 fully saturated rings. The van der Waals surface area contributed by atoms with Gasteiger partial charge in [-0.15, -0.1) is 11.8 Å². The SMILES string of the molecule is CCCOCC(NN)c1ccc(SCC)cc1. The highest BCUT2D eigenvalue weighted by atomic mass is 32.2. The molecule has 3 nitrogen and oxygen atoms in total. The van der Waals surface area contributed by atoms with Crippen LogP contribution >= 0.6 is 11.8 Å². The third-order valence-corrected chi connectivity index (χ3v) is 3.32. The van der Waals surface area contributed by atoms with Gasteiger partial charge in [-0.2, -0.15) is 0 Å². The largest absolute Gasteiger partial charge is 0.379 e. The molecule has 0 aliphatic carbocycles. The van der Waals surface area contributed by atoms with Crippen LogP contribution in [0, 0.1) is 0 Å². The van der Waals surface area contributed by atoms with Crippen molar-refractivity contribution in [3.8, 4) is 0 Å². The molecule has 17 heavy (non-hydrogen) atoms. The fraction of sp³-hybridized carbons (Fsp3) is 0.538. The molecule has 1 unspecified atom stereocenters. The van der Waals surface area contributed by atoms with E-state index in [9.17, 15) is 0 Å². The quantitative estimate of drug-likeness (QED) is 0.324. The molecule has 96 valence electrons. The molecule has 0 radical (unpaired) electrons. The van der Waals surface area contributed by atoms with Crippen LogP contribution in [-0.4, -0.2) is 19.0 Å². The Labute approximate surface area is 108 Å². The molecule has 1 atom stereocenters. The summed E-state index contributed by atoms with van der Waals surface area (Å²) in [4.78, 5) is 1.29. The van der Waals surface area contributed by atoms with Crippen molar-refractivity contribution in [3.63, 3.8) is 0 Å². The Kier molecular flexibility index (Phi) is 7.28. The van der Waals surface area contributed by atoms with Crippen LogP contribution in [-0.2, 0) is 4.74 Å². The van der Waals surface area contributed by atoms with E-state index in [2.05, 4.69) is 43.5 Å². The Bertz CT molecular complexity index is 303. The van der Waals surface area contributed by atoms with Crippen LogP contribution in [0.25, 0.3) is 0 Å². The Hall–Kier alpha value is -0.550. The highest BCUT2D eigenvalue weighted by molar-refractivity contribution is 7.99.